The van der Waals surface area contributed by atoms with E-state index in [0.29, 0.717) is 23.2 Å². The molecule has 1 heterocycles. The van der Waals surface area contributed by atoms with Crippen LogP contribution in [0.25, 0.3) is 16.3 Å². The summed E-state index contributed by atoms with van der Waals surface area (Å²) in [5, 5.41) is 3.42. The van der Waals surface area contributed by atoms with E-state index in [1.165, 1.54) is 23.0 Å². The largest absolute Gasteiger partial charge is 0.493 e. The van der Waals surface area contributed by atoms with Crippen LogP contribution in [0.3, 0.4) is 0 Å². The van der Waals surface area contributed by atoms with Gasteiger partial charge < -0.3 is 9.47 Å². The molecule has 0 radical (unpaired) electrons. The van der Waals surface area contributed by atoms with Gasteiger partial charge >= 0.3 is 0 Å². The second-order valence-corrected chi connectivity index (χ2v) is 8.12. The molecule has 3 rings (SSSR count). The van der Waals surface area contributed by atoms with Crippen molar-refractivity contribution in [2.45, 2.75) is 20.8 Å². The molecule has 146 valence electrons. The van der Waals surface area contributed by atoms with Crippen LogP contribution in [0.15, 0.2) is 34.8 Å². The Morgan fingerprint density at radius 3 is 2.79 bits per heavy atom. The Labute approximate surface area is 176 Å². The van der Waals surface area contributed by atoms with Crippen LogP contribution in [0.2, 0.25) is 0 Å². The molecule has 0 spiro atoms. The maximum atomic E-state index is 12.3. The van der Waals surface area contributed by atoms with Crippen LogP contribution in [0.4, 0.5) is 5.13 Å². The number of aryl methyl sites for hydroxylation is 2. The number of rotatable bonds is 6. The number of methoxy groups -OCH3 is 1. The number of thiazole rings is 1. The van der Waals surface area contributed by atoms with E-state index in [9.17, 15) is 4.79 Å². The smallest absolute Gasteiger partial charge is 0.250 e. The first-order valence-electron chi connectivity index (χ1n) is 8.78. The molecule has 0 fully saturated rings. The van der Waals surface area contributed by atoms with E-state index >= 15 is 0 Å². The van der Waals surface area contributed by atoms with Crippen LogP contribution < -0.4 is 14.8 Å². The minimum absolute atomic E-state index is 0.239. The van der Waals surface area contributed by atoms with Gasteiger partial charge in [0.05, 0.1) is 28.4 Å². The third-order valence-electron chi connectivity index (χ3n) is 4.03. The number of fused-ring (bicyclic) bond motifs is 1. The number of anilines is 1. The van der Waals surface area contributed by atoms with Crippen LogP contribution in [0.5, 0.6) is 11.5 Å². The van der Waals surface area contributed by atoms with Crippen molar-refractivity contribution in [2.75, 3.05) is 19.0 Å². The Hall–Kier alpha value is -2.38. The van der Waals surface area contributed by atoms with Crippen molar-refractivity contribution in [3.05, 3.63) is 51.5 Å². The molecule has 0 saturated heterocycles. The number of aromatic nitrogens is 1. The summed E-state index contributed by atoms with van der Waals surface area (Å²) >= 11 is 4.96. The highest BCUT2D eigenvalue weighted by molar-refractivity contribution is 9.10. The molecular formula is C21H21BrN2O3S. The summed E-state index contributed by atoms with van der Waals surface area (Å²) < 4.78 is 12.8. The van der Waals surface area contributed by atoms with E-state index in [0.717, 1.165) is 25.8 Å². The number of halogens is 1. The molecule has 0 bridgehead atoms. The lowest BCUT2D eigenvalue weighted by Crippen LogP contribution is -2.07. The Morgan fingerprint density at radius 2 is 2.07 bits per heavy atom. The topological polar surface area (TPSA) is 60.5 Å². The second kappa shape index (κ2) is 8.75. The fourth-order valence-corrected chi connectivity index (χ4v) is 4.48. The molecule has 0 aliphatic rings. The highest BCUT2D eigenvalue weighted by Crippen LogP contribution is 2.37. The summed E-state index contributed by atoms with van der Waals surface area (Å²) in [4.78, 5) is 16.9. The molecule has 28 heavy (non-hydrogen) atoms. The van der Waals surface area contributed by atoms with Gasteiger partial charge in [-0.15, -0.1) is 0 Å². The summed E-state index contributed by atoms with van der Waals surface area (Å²) in [6.45, 7) is 6.52. The van der Waals surface area contributed by atoms with Crippen molar-refractivity contribution in [1.29, 1.82) is 0 Å². The number of amides is 1. The van der Waals surface area contributed by atoms with Crippen molar-refractivity contribution >= 4 is 54.6 Å². The van der Waals surface area contributed by atoms with Crippen molar-refractivity contribution < 1.29 is 14.3 Å². The number of benzene rings is 2. The number of hydrogen-bond donors (Lipinski definition) is 1. The average Bonchev–Trinajstić information content (AvgIpc) is 3.04. The fraction of sp³-hybridized carbons (Fsp3) is 0.238. The monoisotopic (exact) mass is 460 g/mol. The molecule has 1 amide bonds. The molecule has 1 aromatic heterocycles. The quantitative estimate of drug-likeness (QED) is 0.476. The lowest BCUT2D eigenvalue weighted by atomic mass is 10.1. The normalized spacial score (nSPS) is 11.2. The van der Waals surface area contributed by atoms with E-state index in [2.05, 4.69) is 45.3 Å². The van der Waals surface area contributed by atoms with Crippen molar-refractivity contribution in [3.63, 3.8) is 0 Å². The molecular weight excluding hydrogens is 440 g/mol. The van der Waals surface area contributed by atoms with Crippen molar-refractivity contribution in [1.82, 2.24) is 4.98 Å². The molecule has 0 aliphatic heterocycles. The number of carbonyl (C=O) groups is 1. The van der Waals surface area contributed by atoms with Crippen molar-refractivity contribution in [2.24, 2.45) is 0 Å². The second-order valence-electron chi connectivity index (χ2n) is 6.24. The SMILES string of the molecule is CCOc1c(Br)cc(/C=C/C(=O)Nc2nc3c(C)cc(C)cc3s2)cc1OC. The van der Waals surface area contributed by atoms with Crippen LogP contribution in [-0.2, 0) is 4.79 Å². The number of carbonyl (C=O) groups excluding carboxylic acids is 1. The van der Waals surface area contributed by atoms with Gasteiger partial charge in [0.1, 0.15) is 0 Å². The lowest BCUT2D eigenvalue weighted by Gasteiger charge is -2.12. The lowest BCUT2D eigenvalue weighted by molar-refractivity contribution is -0.111. The molecule has 7 heteroatoms. The molecule has 5 nitrogen and oxygen atoms in total. The van der Waals surface area contributed by atoms with E-state index in [1.807, 2.05) is 26.0 Å². The zero-order valence-electron chi connectivity index (χ0n) is 16.1. The van der Waals surface area contributed by atoms with E-state index in [1.54, 1.807) is 13.2 Å². The molecule has 0 atom stereocenters. The Morgan fingerprint density at radius 1 is 1.29 bits per heavy atom. The highest BCUT2D eigenvalue weighted by atomic mass is 79.9. The van der Waals surface area contributed by atoms with Gasteiger partial charge in [0.15, 0.2) is 16.6 Å². The predicted molar refractivity (Wildman–Crippen MR) is 119 cm³/mol. The maximum absolute atomic E-state index is 12.3. The zero-order chi connectivity index (χ0) is 20.3. The summed E-state index contributed by atoms with van der Waals surface area (Å²) in [7, 11) is 1.58. The maximum Gasteiger partial charge on any atom is 0.250 e. The molecule has 3 aromatic rings. The Bertz CT molecular complexity index is 1060. The Balaban J connectivity index is 1.77. The molecule has 0 saturated carbocycles. The van der Waals surface area contributed by atoms with Gasteiger partial charge in [-0.3, -0.25) is 10.1 Å². The summed E-state index contributed by atoms with van der Waals surface area (Å²) in [5.41, 5.74) is 4.03. The van der Waals surface area contributed by atoms with Gasteiger partial charge in [-0.2, -0.15) is 0 Å². The standard InChI is InChI=1S/C21H21BrN2O3S/c1-5-27-20-15(22)10-14(11-16(20)26-4)6-7-18(25)23-21-24-19-13(3)8-12(2)9-17(19)28-21/h6-11H,5H2,1-4H3,(H,23,24,25)/b7-6+. The summed E-state index contributed by atoms with van der Waals surface area (Å²) in [6, 6.07) is 7.87. The minimum Gasteiger partial charge on any atom is -0.493 e. The van der Waals surface area contributed by atoms with E-state index < -0.39 is 0 Å². The third-order valence-corrected chi connectivity index (χ3v) is 5.53. The van der Waals surface area contributed by atoms with Gasteiger partial charge in [0.25, 0.3) is 0 Å². The number of nitrogens with zero attached hydrogens (tertiary/aromatic N) is 1. The van der Waals surface area contributed by atoms with Crippen LogP contribution in [0.1, 0.15) is 23.6 Å². The Kier molecular flexibility index (Phi) is 6.36. The zero-order valence-corrected chi connectivity index (χ0v) is 18.5. The van der Waals surface area contributed by atoms with Crippen LogP contribution in [0, 0.1) is 13.8 Å². The van der Waals surface area contributed by atoms with Crippen LogP contribution >= 0.6 is 27.3 Å². The first-order chi connectivity index (χ1) is 13.4. The first kappa shape index (κ1) is 20.4. The van der Waals surface area contributed by atoms with Gasteiger partial charge in [0.2, 0.25) is 5.91 Å². The number of hydrogen-bond acceptors (Lipinski definition) is 5. The van der Waals surface area contributed by atoms with Gasteiger partial charge in [-0.1, -0.05) is 17.4 Å². The van der Waals surface area contributed by atoms with E-state index in [-0.39, 0.29) is 5.91 Å². The van der Waals surface area contributed by atoms with Gasteiger partial charge in [0, 0.05) is 6.08 Å². The molecule has 0 aliphatic carbocycles. The predicted octanol–water partition coefficient (Wildman–Crippen LogP) is 5.73. The third kappa shape index (κ3) is 4.54. The number of ether oxygens (including phenoxy) is 2. The summed E-state index contributed by atoms with van der Waals surface area (Å²) in [6.07, 6.45) is 3.20. The van der Waals surface area contributed by atoms with Crippen molar-refractivity contribution in [3.8, 4) is 11.5 Å². The average molecular weight is 461 g/mol. The first-order valence-corrected chi connectivity index (χ1v) is 10.4. The minimum atomic E-state index is -0.239. The summed E-state index contributed by atoms with van der Waals surface area (Å²) in [5.74, 6) is 1.01. The fourth-order valence-electron chi connectivity index (χ4n) is 2.86. The van der Waals surface area contributed by atoms with E-state index in [4.69, 9.17) is 9.47 Å². The van der Waals surface area contributed by atoms with Crippen LogP contribution in [-0.4, -0.2) is 24.6 Å². The number of nitrogens with one attached hydrogen (secondary N) is 1. The molecule has 1 N–H and O–H groups in total. The molecule has 0 unspecified atom stereocenters. The molecule has 2 aromatic carbocycles. The highest BCUT2D eigenvalue weighted by Gasteiger charge is 2.11. The van der Waals surface area contributed by atoms with Gasteiger partial charge in [-0.25, -0.2) is 4.98 Å². The van der Waals surface area contributed by atoms with Gasteiger partial charge in [-0.05, 0) is 77.7 Å².